The quantitative estimate of drug-likeness (QED) is 0.539. The Hall–Kier alpha value is -2.85. The first-order chi connectivity index (χ1) is 15.1. The molecule has 5 rings (SSSR count). The van der Waals surface area contributed by atoms with Crippen LogP contribution in [0.4, 0.5) is 21.2 Å². The molecule has 3 atom stereocenters. The first-order valence-electron chi connectivity index (χ1n) is 10.4. The van der Waals surface area contributed by atoms with Crippen molar-refractivity contribution in [2.24, 2.45) is 0 Å². The van der Waals surface area contributed by atoms with Crippen LogP contribution in [0.2, 0.25) is 0 Å². The standard InChI is InChI=1S/C21H23FN6O2S/c22-9-19(30)28-13-3-4-14(28)7-12(6-13)25-20-16-2-1-5-23-17(16)8-18(26-20)27-21-24-10-15(11-29)31-21/h1-2,5,8,10,12-14,29H,3-4,6-7,9,11H2,(H2,24,25,26,27)/t12?,13-,14+. The molecule has 0 aromatic carbocycles. The summed E-state index contributed by atoms with van der Waals surface area (Å²) >= 11 is 1.37. The molecule has 2 saturated heterocycles. The normalized spacial score (nSPS) is 22.6. The van der Waals surface area contributed by atoms with Gasteiger partial charge in [-0.2, -0.15) is 0 Å². The minimum atomic E-state index is -0.925. The van der Waals surface area contributed by atoms with Gasteiger partial charge in [0, 0.05) is 42.0 Å². The van der Waals surface area contributed by atoms with Gasteiger partial charge in [-0.1, -0.05) is 11.3 Å². The molecule has 1 unspecified atom stereocenters. The molecule has 3 aromatic rings. The van der Waals surface area contributed by atoms with Gasteiger partial charge in [-0.25, -0.2) is 14.4 Å². The van der Waals surface area contributed by atoms with Crippen molar-refractivity contribution in [1.82, 2.24) is 19.9 Å². The number of thiazole rings is 1. The second-order valence-electron chi connectivity index (χ2n) is 7.97. The molecule has 2 bridgehead atoms. The van der Waals surface area contributed by atoms with E-state index in [0.717, 1.165) is 47.3 Å². The van der Waals surface area contributed by atoms with E-state index >= 15 is 0 Å². The SMILES string of the molecule is O=C(CF)N1[C@@H]2CC[C@H]1CC(Nc1nc(Nc3ncc(CO)s3)cc3ncccc13)C2. The summed E-state index contributed by atoms with van der Waals surface area (Å²) in [7, 11) is 0. The van der Waals surface area contributed by atoms with Crippen molar-refractivity contribution in [2.45, 2.75) is 50.4 Å². The summed E-state index contributed by atoms with van der Waals surface area (Å²) in [6, 6.07) is 6.03. The van der Waals surface area contributed by atoms with Gasteiger partial charge in [0.15, 0.2) is 11.8 Å². The number of alkyl halides is 1. The van der Waals surface area contributed by atoms with Crippen LogP contribution in [0, 0.1) is 0 Å². The Morgan fingerprint density at radius 3 is 2.81 bits per heavy atom. The van der Waals surface area contributed by atoms with Crippen molar-refractivity contribution < 1.29 is 14.3 Å². The van der Waals surface area contributed by atoms with Crippen molar-refractivity contribution in [2.75, 3.05) is 17.3 Å². The molecule has 0 aliphatic carbocycles. The van der Waals surface area contributed by atoms with E-state index in [0.29, 0.717) is 10.9 Å². The summed E-state index contributed by atoms with van der Waals surface area (Å²) in [5.41, 5.74) is 0.800. The Kier molecular flexibility index (Phi) is 5.41. The van der Waals surface area contributed by atoms with Crippen LogP contribution in [-0.4, -0.2) is 55.7 Å². The summed E-state index contributed by atoms with van der Waals surface area (Å²) < 4.78 is 13.0. The van der Waals surface area contributed by atoms with Crippen LogP contribution in [0.1, 0.15) is 30.6 Å². The van der Waals surface area contributed by atoms with Crippen molar-refractivity contribution in [1.29, 1.82) is 0 Å². The molecule has 2 fully saturated rings. The minimum Gasteiger partial charge on any atom is -0.391 e. The van der Waals surface area contributed by atoms with E-state index in [9.17, 15) is 14.3 Å². The van der Waals surface area contributed by atoms with Crippen LogP contribution in [0.15, 0.2) is 30.6 Å². The van der Waals surface area contributed by atoms with E-state index in [-0.39, 0.29) is 24.7 Å². The maximum atomic E-state index is 13.0. The number of hydrogen-bond donors (Lipinski definition) is 3. The molecule has 2 aliphatic rings. The van der Waals surface area contributed by atoms with Crippen LogP contribution in [0.3, 0.4) is 0 Å². The number of pyridine rings is 2. The topological polar surface area (TPSA) is 103 Å². The Labute approximate surface area is 182 Å². The van der Waals surface area contributed by atoms with Gasteiger partial charge in [0.2, 0.25) is 0 Å². The summed E-state index contributed by atoms with van der Waals surface area (Å²) in [4.78, 5) is 28.0. The van der Waals surface area contributed by atoms with E-state index < -0.39 is 12.6 Å². The fourth-order valence-electron chi connectivity index (χ4n) is 4.76. The molecule has 1 amide bonds. The number of nitrogens with zero attached hydrogens (tertiary/aromatic N) is 4. The molecule has 5 heterocycles. The summed E-state index contributed by atoms with van der Waals surface area (Å²) in [5.74, 6) is 0.942. The van der Waals surface area contributed by atoms with Gasteiger partial charge in [0.1, 0.15) is 11.6 Å². The first-order valence-corrected chi connectivity index (χ1v) is 11.2. The zero-order valence-corrected chi connectivity index (χ0v) is 17.6. The predicted octanol–water partition coefficient (Wildman–Crippen LogP) is 3.23. The number of aliphatic hydroxyl groups is 1. The molecule has 3 aromatic heterocycles. The molecule has 3 N–H and O–H groups in total. The lowest BCUT2D eigenvalue weighted by Crippen LogP contribution is -2.50. The third-order valence-corrected chi connectivity index (χ3v) is 6.92. The summed E-state index contributed by atoms with van der Waals surface area (Å²) in [5, 5.41) is 17.6. The summed E-state index contributed by atoms with van der Waals surface area (Å²) in [6.07, 6.45) is 6.76. The molecular weight excluding hydrogens is 419 g/mol. The van der Waals surface area contributed by atoms with Gasteiger partial charge in [-0.3, -0.25) is 9.78 Å². The maximum Gasteiger partial charge on any atom is 0.254 e. The number of amides is 1. The van der Waals surface area contributed by atoms with Gasteiger partial charge in [0.05, 0.1) is 17.0 Å². The average molecular weight is 443 g/mol. The highest BCUT2D eigenvalue weighted by Gasteiger charge is 2.43. The van der Waals surface area contributed by atoms with Crippen molar-refractivity contribution >= 4 is 44.9 Å². The predicted molar refractivity (Wildman–Crippen MR) is 117 cm³/mol. The molecular formula is C21H23FN6O2S. The Morgan fingerprint density at radius 1 is 1.29 bits per heavy atom. The second kappa shape index (κ2) is 8.35. The van der Waals surface area contributed by atoms with E-state index in [1.165, 1.54) is 11.3 Å². The van der Waals surface area contributed by atoms with Crippen LogP contribution in [0.25, 0.3) is 10.9 Å². The highest BCUT2D eigenvalue weighted by Crippen LogP contribution is 2.37. The first kappa shape index (κ1) is 20.1. The third kappa shape index (κ3) is 3.92. The molecule has 8 nitrogen and oxygen atoms in total. The van der Waals surface area contributed by atoms with E-state index in [1.54, 1.807) is 17.3 Å². The van der Waals surface area contributed by atoms with E-state index in [4.69, 9.17) is 4.98 Å². The second-order valence-corrected chi connectivity index (χ2v) is 9.09. The zero-order valence-electron chi connectivity index (χ0n) is 16.8. The summed E-state index contributed by atoms with van der Waals surface area (Å²) in [6.45, 7) is -0.976. The Bertz CT molecular complexity index is 1090. The fourth-order valence-corrected chi connectivity index (χ4v) is 5.44. The van der Waals surface area contributed by atoms with Crippen LogP contribution < -0.4 is 10.6 Å². The van der Waals surface area contributed by atoms with Crippen LogP contribution in [0.5, 0.6) is 0 Å². The fraction of sp³-hybridized carbons (Fsp3) is 0.429. The number of carbonyl (C=O) groups excluding carboxylic acids is 1. The molecule has 10 heteroatoms. The molecule has 162 valence electrons. The average Bonchev–Trinajstić information content (AvgIpc) is 3.34. The Balaban J connectivity index is 1.40. The van der Waals surface area contributed by atoms with Crippen molar-refractivity contribution in [3.05, 3.63) is 35.5 Å². The third-order valence-electron chi connectivity index (χ3n) is 6.02. The zero-order chi connectivity index (χ0) is 21.4. The monoisotopic (exact) mass is 442 g/mol. The lowest BCUT2D eigenvalue weighted by molar-refractivity contribution is -0.136. The molecule has 0 saturated carbocycles. The van der Waals surface area contributed by atoms with E-state index in [2.05, 4.69) is 20.6 Å². The molecule has 0 spiro atoms. The number of hydrogen-bond acceptors (Lipinski definition) is 8. The largest absolute Gasteiger partial charge is 0.391 e. The highest BCUT2D eigenvalue weighted by atomic mass is 32.1. The van der Waals surface area contributed by atoms with Crippen LogP contribution in [-0.2, 0) is 11.4 Å². The minimum absolute atomic E-state index is 0.0508. The smallest absolute Gasteiger partial charge is 0.254 e. The lowest BCUT2D eigenvalue weighted by atomic mass is 9.97. The van der Waals surface area contributed by atoms with Gasteiger partial charge in [-0.15, -0.1) is 0 Å². The number of rotatable bonds is 6. The van der Waals surface area contributed by atoms with Gasteiger partial charge in [0.25, 0.3) is 5.91 Å². The maximum absolute atomic E-state index is 13.0. The highest BCUT2D eigenvalue weighted by molar-refractivity contribution is 7.15. The van der Waals surface area contributed by atoms with Crippen molar-refractivity contribution in [3.8, 4) is 0 Å². The number of carbonyl (C=O) groups is 1. The van der Waals surface area contributed by atoms with E-state index in [1.807, 2.05) is 18.2 Å². The van der Waals surface area contributed by atoms with Gasteiger partial charge < -0.3 is 20.6 Å². The Morgan fingerprint density at radius 2 is 2.10 bits per heavy atom. The van der Waals surface area contributed by atoms with Crippen LogP contribution >= 0.6 is 11.3 Å². The number of aromatic nitrogens is 3. The lowest BCUT2D eigenvalue weighted by Gasteiger charge is -2.39. The van der Waals surface area contributed by atoms with Gasteiger partial charge in [-0.05, 0) is 37.8 Å². The molecule has 0 radical (unpaired) electrons. The number of aliphatic hydroxyl groups excluding tert-OH is 1. The number of halogens is 1. The number of anilines is 3. The van der Waals surface area contributed by atoms with Gasteiger partial charge >= 0.3 is 0 Å². The molecule has 2 aliphatic heterocycles. The number of nitrogens with one attached hydrogen (secondary N) is 2. The number of piperidine rings is 1. The molecule has 31 heavy (non-hydrogen) atoms. The van der Waals surface area contributed by atoms with Crippen molar-refractivity contribution in [3.63, 3.8) is 0 Å². The number of fused-ring (bicyclic) bond motifs is 3.